The molecule has 0 aromatic heterocycles. The van der Waals surface area contributed by atoms with Gasteiger partial charge in [-0.1, -0.05) is 24.3 Å². The van der Waals surface area contributed by atoms with Crippen molar-refractivity contribution < 1.29 is 4.74 Å². The fourth-order valence-corrected chi connectivity index (χ4v) is 2.08. The summed E-state index contributed by atoms with van der Waals surface area (Å²) in [7, 11) is 1.78. The fourth-order valence-electron chi connectivity index (χ4n) is 2.08. The monoisotopic (exact) mass is 191 g/mol. The van der Waals surface area contributed by atoms with Crippen molar-refractivity contribution in [3.63, 3.8) is 0 Å². The molecule has 1 aromatic carbocycles. The maximum absolute atomic E-state index is 5.62. The van der Waals surface area contributed by atoms with E-state index in [0.717, 1.165) is 19.5 Å². The average Bonchev–Trinajstić information content (AvgIpc) is 2.40. The summed E-state index contributed by atoms with van der Waals surface area (Å²) in [4.78, 5) is 0. The molecule has 0 fully saturated rings. The van der Waals surface area contributed by atoms with Crippen molar-refractivity contribution in [3.05, 3.63) is 35.4 Å². The molecule has 1 N–H and O–H groups in total. The van der Waals surface area contributed by atoms with Crippen LogP contribution in [-0.4, -0.2) is 20.2 Å². The van der Waals surface area contributed by atoms with E-state index in [0.29, 0.717) is 0 Å². The van der Waals surface area contributed by atoms with Crippen molar-refractivity contribution >= 4 is 0 Å². The molecule has 0 saturated carbocycles. The molecule has 76 valence electrons. The van der Waals surface area contributed by atoms with E-state index in [1.807, 2.05) is 0 Å². The van der Waals surface area contributed by atoms with Gasteiger partial charge in [0, 0.05) is 13.7 Å². The van der Waals surface area contributed by atoms with Crippen LogP contribution in [0.2, 0.25) is 0 Å². The lowest BCUT2D eigenvalue weighted by Crippen LogP contribution is -2.35. The Bertz CT molecular complexity index is 324. The van der Waals surface area contributed by atoms with Crippen LogP contribution in [0.1, 0.15) is 18.1 Å². The normalized spacial score (nSPS) is 26.7. The maximum atomic E-state index is 5.62. The zero-order chi connectivity index (χ0) is 10.0. The van der Waals surface area contributed by atoms with Crippen molar-refractivity contribution in [2.75, 3.05) is 20.2 Å². The van der Waals surface area contributed by atoms with Gasteiger partial charge in [-0.05, 0) is 31.0 Å². The van der Waals surface area contributed by atoms with E-state index < -0.39 is 0 Å². The van der Waals surface area contributed by atoms with Gasteiger partial charge in [-0.15, -0.1) is 0 Å². The molecule has 1 aliphatic rings. The largest absolute Gasteiger partial charge is 0.372 e. The van der Waals surface area contributed by atoms with E-state index in [4.69, 9.17) is 4.74 Å². The second-order valence-electron chi connectivity index (χ2n) is 4.02. The molecule has 0 aliphatic carbocycles. The lowest BCUT2D eigenvalue weighted by molar-refractivity contribution is 0.00450. The smallest absolute Gasteiger partial charge is 0.103 e. The Labute approximate surface area is 85.3 Å². The summed E-state index contributed by atoms with van der Waals surface area (Å²) in [5.41, 5.74) is 2.56. The highest BCUT2D eigenvalue weighted by Gasteiger charge is 2.29. The summed E-state index contributed by atoms with van der Waals surface area (Å²) in [5.74, 6) is 0. The molecule has 1 unspecified atom stereocenters. The van der Waals surface area contributed by atoms with Crippen LogP contribution in [0.3, 0.4) is 0 Å². The Morgan fingerprint density at radius 2 is 2.14 bits per heavy atom. The molecule has 14 heavy (non-hydrogen) atoms. The standard InChI is InChI=1S/C12H17NO/c1-12(14-2)9-13-8-7-10-5-3-4-6-11(10)12/h3-6,13H,7-9H2,1-2H3. The van der Waals surface area contributed by atoms with Crippen LogP contribution in [0.15, 0.2) is 24.3 Å². The Balaban J connectivity index is 2.47. The summed E-state index contributed by atoms with van der Waals surface area (Å²) in [6.07, 6.45) is 1.09. The van der Waals surface area contributed by atoms with Crippen LogP contribution in [0.4, 0.5) is 0 Å². The summed E-state index contributed by atoms with van der Waals surface area (Å²) in [6, 6.07) is 8.55. The van der Waals surface area contributed by atoms with Gasteiger partial charge in [0.05, 0.1) is 0 Å². The zero-order valence-corrected chi connectivity index (χ0v) is 8.84. The molecule has 0 spiro atoms. The molecule has 0 saturated heterocycles. The van der Waals surface area contributed by atoms with Crippen molar-refractivity contribution in [1.29, 1.82) is 0 Å². The summed E-state index contributed by atoms with van der Waals surface area (Å²) < 4.78 is 5.62. The van der Waals surface area contributed by atoms with E-state index >= 15 is 0 Å². The highest BCUT2D eigenvalue weighted by molar-refractivity contribution is 5.33. The van der Waals surface area contributed by atoms with Gasteiger partial charge in [0.2, 0.25) is 0 Å². The first-order chi connectivity index (χ1) is 6.76. The van der Waals surface area contributed by atoms with Gasteiger partial charge in [0.1, 0.15) is 5.60 Å². The van der Waals surface area contributed by atoms with E-state index in [1.54, 1.807) is 7.11 Å². The number of benzene rings is 1. The number of methoxy groups -OCH3 is 1. The zero-order valence-electron chi connectivity index (χ0n) is 8.84. The summed E-state index contributed by atoms with van der Waals surface area (Å²) >= 11 is 0. The summed E-state index contributed by atoms with van der Waals surface area (Å²) in [6.45, 7) is 4.07. The van der Waals surface area contributed by atoms with Crippen LogP contribution >= 0.6 is 0 Å². The molecule has 2 heteroatoms. The van der Waals surface area contributed by atoms with Gasteiger partial charge in [0.25, 0.3) is 0 Å². The molecule has 1 aromatic rings. The number of fused-ring (bicyclic) bond motifs is 1. The second-order valence-corrected chi connectivity index (χ2v) is 4.02. The highest BCUT2D eigenvalue weighted by atomic mass is 16.5. The molecular weight excluding hydrogens is 174 g/mol. The maximum Gasteiger partial charge on any atom is 0.103 e. The predicted octanol–water partition coefficient (Wildman–Crippen LogP) is 1.69. The molecule has 2 nitrogen and oxygen atoms in total. The average molecular weight is 191 g/mol. The molecule has 0 bridgehead atoms. The van der Waals surface area contributed by atoms with E-state index in [2.05, 4.69) is 36.5 Å². The van der Waals surface area contributed by atoms with Gasteiger partial charge in [-0.3, -0.25) is 0 Å². The lowest BCUT2D eigenvalue weighted by atomic mass is 9.91. The van der Waals surface area contributed by atoms with E-state index in [9.17, 15) is 0 Å². The lowest BCUT2D eigenvalue weighted by Gasteiger charge is -2.28. The van der Waals surface area contributed by atoms with E-state index in [1.165, 1.54) is 11.1 Å². The molecule has 1 aliphatic heterocycles. The number of nitrogens with one attached hydrogen (secondary N) is 1. The summed E-state index contributed by atoms with van der Waals surface area (Å²) in [5, 5.41) is 3.41. The Hall–Kier alpha value is -0.860. The Morgan fingerprint density at radius 1 is 1.36 bits per heavy atom. The van der Waals surface area contributed by atoms with Crippen LogP contribution < -0.4 is 5.32 Å². The molecule has 0 radical (unpaired) electrons. The van der Waals surface area contributed by atoms with Crippen LogP contribution in [-0.2, 0) is 16.8 Å². The second kappa shape index (κ2) is 3.71. The minimum Gasteiger partial charge on any atom is -0.372 e. The van der Waals surface area contributed by atoms with Crippen LogP contribution in [0.25, 0.3) is 0 Å². The fraction of sp³-hybridized carbons (Fsp3) is 0.500. The SMILES string of the molecule is COC1(C)CNCCc2ccccc21. The first-order valence-corrected chi connectivity index (χ1v) is 5.10. The number of hydrogen-bond acceptors (Lipinski definition) is 2. The quantitative estimate of drug-likeness (QED) is 0.729. The third-order valence-corrected chi connectivity index (χ3v) is 3.07. The topological polar surface area (TPSA) is 21.3 Å². The third-order valence-electron chi connectivity index (χ3n) is 3.07. The molecular formula is C12H17NO. The van der Waals surface area contributed by atoms with Crippen molar-refractivity contribution in [1.82, 2.24) is 5.32 Å². The van der Waals surface area contributed by atoms with Gasteiger partial charge >= 0.3 is 0 Å². The highest BCUT2D eigenvalue weighted by Crippen LogP contribution is 2.28. The first-order valence-electron chi connectivity index (χ1n) is 5.10. The van der Waals surface area contributed by atoms with Crippen molar-refractivity contribution in [2.24, 2.45) is 0 Å². The van der Waals surface area contributed by atoms with Crippen molar-refractivity contribution in [2.45, 2.75) is 18.9 Å². The Kier molecular flexibility index (Phi) is 2.57. The predicted molar refractivity (Wildman–Crippen MR) is 57.4 cm³/mol. The van der Waals surface area contributed by atoms with E-state index in [-0.39, 0.29) is 5.60 Å². The number of rotatable bonds is 1. The Morgan fingerprint density at radius 3 is 2.93 bits per heavy atom. The van der Waals surface area contributed by atoms with Gasteiger partial charge < -0.3 is 10.1 Å². The minimum absolute atomic E-state index is 0.174. The van der Waals surface area contributed by atoms with Gasteiger partial charge in [0.15, 0.2) is 0 Å². The molecule has 1 heterocycles. The first kappa shape index (κ1) is 9.69. The minimum atomic E-state index is -0.174. The van der Waals surface area contributed by atoms with Crippen LogP contribution in [0, 0.1) is 0 Å². The van der Waals surface area contributed by atoms with Gasteiger partial charge in [-0.2, -0.15) is 0 Å². The third kappa shape index (κ3) is 1.56. The van der Waals surface area contributed by atoms with Crippen molar-refractivity contribution in [3.8, 4) is 0 Å². The molecule has 1 atom stereocenters. The van der Waals surface area contributed by atoms with Crippen LogP contribution in [0.5, 0.6) is 0 Å². The molecule has 0 amide bonds. The van der Waals surface area contributed by atoms with Gasteiger partial charge in [-0.25, -0.2) is 0 Å². The number of ether oxygens (including phenoxy) is 1. The molecule has 2 rings (SSSR count). The number of hydrogen-bond donors (Lipinski definition) is 1.